The normalized spacial score (nSPS) is 16.3. The van der Waals surface area contributed by atoms with Crippen molar-refractivity contribution in [3.8, 4) is 0 Å². The Morgan fingerprint density at radius 3 is 2.38 bits per heavy atom. The van der Waals surface area contributed by atoms with Crippen LogP contribution in [0, 0.1) is 0 Å². The molecule has 0 rings (SSSR count). The lowest BCUT2D eigenvalue weighted by atomic mass is 10.3. The molecule has 0 aliphatic heterocycles. The van der Waals surface area contributed by atoms with Crippen molar-refractivity contribution in [2.75, 3.05) is 30.1 Å². The highest BCUT2D eigenvalue weighted by Gasteiger charge is 2.12. The van der Waals surface area contributed by atoms with Crippen LogP contribution in [0.15, 0.2) is 0 Å². The van der Waals surface area contributed by atoms with Crippen LogP contribution in [0.25, 0.3) is 0 Å². The molecule has 0 aliphatic carbocycles. The second-order valence-corrected chi connectivity index (χ2v) is 8.04. The first-order valence-electron chi connectivity index (χ1n) is 5.15. The lowest BCUT2D eigenvalue weighted by molar-refractivity contribution is 0.191. The summed E-state index contributed by atoms with van der Waals surface area (Å²) in [5, 5.41) is 12.5. The SMILES string of the molecule is CC(C)NCC(O)CS(=O)CCS(C)(=O)=O. The second-order valence-electron chi connectivity index (χ2n) is 4.16. The van der Waals surface area contributed by atoms with Gasteiger partial charge in [-0.15, -0.1) is 0 Å². The van der Waals surface area contributed by atoms with Crippen LogP contribution in [-0.2, 0) is 20.6 Å². The average Bonchev–Trinajstić information content (AvgIpc) is 2.10. The summed E-state index contributed by atoms with van der Waals surface area (Å²) in [5.74, 6) is 0.122. The molecule has 0 radical (unpaired) electrons. The van der Waals surface area contributed by atoms with Crippen molar-refractivity contribution in [1.82, 2.24) is 5.32 Å². The number of aliphatic hydroxyl groups is 1. The maximum absolute atomic E-state index is 11.4. The minimum atomic E-state index is -3.07. The lowest BCUT2D eigenvalue weighted by Gasteiger charge is -2.13. The molecule has 0 aromatic rings. The largest absolute Gasteiger partial charge is 0.391 e. The Morgan fingerprint density at radius 1 is 1.38 bits per heavy atom. The molecule has 2 atom stereocenters. The van der Waals surface area contributed by atoms with Crippen LogP contribution in [0.2, 0.25) is 0 Å². The zero-order chi connectivity index (χ0) is 12.8. The van der Waals surface area contributed by atoms with Crippen molar-refractivity contribution in [1.29, 1.82) is 0 Å². The molecule has 0 saturated carbocycles. The zero-order valence-corrected chi connectivity index (χ0v) is 11.6. The van der Waals surface area contributed by atoms with Crippen LogP contribution in [0.4, 0.5) is 0 Å². The molecule has 2 unspecified atom stereocenters. The number of aliphatic hydroxyl groups excluding tert-OH is 1. The summed E-state index contributed by atoms with van der Waals surface area (Å²) in [7, 11) is -4.35. The maximum Gasteiger partial charge on any atom is 0.148 e. The van der Waals surface area contributed by atoms with Crippen LogP contribution in [0.1, 0.15) is 13.8 Å². The van der Waals surface area contributed by atoms with Gasteiger partial charge in [-0.25, -0.2) is 8.42 Å². The molecule has 0 heterocycles. The van der Waals surface area contributed by atoms with Crippen LogP contribution < -0.4 is 5.32 Å². The van der Waals surface area contributed by atoms with Crippen molar-refractivity contribution >= 4 is 20.6 Å². The third kappa shape index (κ3) is 10.5. The monoisotopic (exact) mass is 271 g/mol. The van der Waals surface area contributed by atoms with Crippen molar-refractivity contribution in [2.45, 2.75) is 26.0 Å². The van der Waals surface area contributed by atoms with E-state index in [1.54, 1.807) is 0 Å². The first-order chi connectivity index (χ1) is 7.20. The summed E-state index contributed by atoms with van der Waals surface area (Å²) < 4.78 is 33.1. The quantitative estimate of drug-likeness (QED) is 0.600. The van der Waals surface area contributed by atoms with E-state index in [9.17, 15) is 17.7 Å². The first-order valence-corrected chi connectivity index (χ1v) is 8.69. The Bertz CT molecular complexity index is 313. The number of sulfone groups is 1. The van der Waals surface area contributed by atoms with Crippen LogP contribution in [0.5, 0.6) is 0 Å². The Morgan fingerprint density at radius 2 is 1.94 bits per heavy atom. The second kappa shape index (κ2) is 7.37. The predicted octanol–water partition coefficient (Wildman–Crippen LogP) is -0.861. The number of rotatable bonds is 8. The van der Waals surface area contributed by atoms with Gasteiger partial charge in [0.1, 0.15) is 9.84 Å². The van der Waals surface area contributed by atoms with E-state index in [-0.39, 0.29) is 23.3 Å². The van der Waals surface area contributed by atoms with E-state index in [0.717, 1.165) is 6.26 Å². The van der Waals surface area contributed by atoms with Gasteiger partial charge in [-0.3, -0.25) is 4.21 Å². The van der Waals surface area contributed by atoms with Crippen LogP contribution in [-0.4, -0.2) is 59.9 Å². The Hall–Kier alpha value is 0.0200. The predicted molar refractivity (Wildman–Crippen MR) is 66.7 cm³/mol. The highest BCUT2D eigenvalue weighted by atomic mass is 32.2. The molecular formula is C9H21NO4S2. The molecule has 98 valence electrons. The minimum Gasteiger partial charge on any atom is -0.391 e. The number of nitrogens with one attached hydrogen (secondary N) is 1. The summed E-state index contributed by atoms with van der Waals surface area (Å²) in [5.41, 5.74) is 0. The summed E-state index contributed by atoms with van der Waals surface area (Å²) in [6, 6.07) is 0.263. The van der Waals surface area contributed by atoms with Gasteiger partial charge in [0.25, 0.3) is 0 Å². The van der Waals surface area contributed by atoms with Crippen LogP contribution in [0.3, 0.4) is 0 Å². The summed E-state index contributed by atoms with van der Waals surface area (Å²) in [6.45, 7) is 4.28. The van der Waals surface area contributed by atoms with Crippen molar-refractivity contribution in [2.24, 2.45) is 0 Å². The summed E-state index contributed by atoms with van der Waals surface area (Å²) >= 11 is 0. The van der Waals surface area contributed by atoms with Gasteiger partial charge < -0.3 is 10.4 Å². The molecule has 2 N–H and O–H groups in total. The van der Waals surface area contributed by atoms with E-state index in [1.807, 2.05) is 13.8 Å². The molecule has 0 aromatic heterocycles. The Labute approximate surface area is 100 Å². The topological polar surface area (TPSA) is 83.5 Å². The van der Waals surface area contributed by atoms with Gasteiger partial charge in [0, 0.05) is 35.4 Å². The van der Waals surface area contributed by atoms with E-state index in [1.165, 1.54) is 0 Å². The van der Waals surface area contributed by atoms with E-state index >= 15 is 0 Å². The molecular weight excluding hydrogens is 250 g/mol. The maximum atomic E-state index is 11.4. The third-order valence-electron chi connectivity index (χ3n) is 1.82. The minimum absolute atomic E-state index is 0.0933. The summed E-state index contributed by atoms with van der Waals surface area (Å²) in [6.07, 6.45) is 0.420. The molecule has 0 spiro atoms. The summed E-state index contributed by atoms with van der Waals surface area (Å²) in [4.78, 5) is 0. The fraction of sp³-hybridized carbons (Fsp3) is 1.00. The molecule has 0 bridgehead atoms. The van der Waals surface area contributed by atoms with Gasteiger partial charge in [-0.1, -0.05) is 13.8 Å². The van der Waals surface area contributed by atoms with Crippen molar-refractivity contribution in [3.05, 3.63) is 0 Å². The highest BCUT2D eigenvalue weighted by Crippen LogP contribution is 1.93. The standard InChI is InChI=1S/C9H21NO4S2/c1-8(2)10-6-9(11)7-15(12)4-5-16(3,13)14/h8-11H,4-7H2,1-3H3. The van der Waals surface area contributed by atoms with Crippen molar-refractivity contribution < 1.29 is 17.7 Å². The Kier molecular flexibility index (Phi) is 7.38. The number of hydrogen-bond acceptors (Lipinski definition) is 5. The van der Waals surface area contributed by atoms with Crippen LogP contribution >= 0.6 is 0 Å². The van der Waals surface area contributed by atoms with Gasteiger partial charge >= 0.3 is 0 Å². The third-order valence-corrected chi connectivity index (χ3v) is 4.44. The molecule has 0 saturated heterocycles. The van der Waals surface area contributed by atoms with E-state index in [4.69, 9.17) is 0 Å². The lowest BCUT2D eigenvalue weighted by Crippen LogP contribution is -2.35. The molecule has 16 heavy (non-hydrogen) atoms. The molecule has 0 aliphatic rings. The molecule has 0 aromatic carbocycles. The fourth-order valence-electron chi connectivity index (χ4n) is 0.973. The Balaban J connectivity index is 3.79. The van der Waals surface area contributed by atoms with E-state index in [2.05, 4.69) is 5.32 Å². The molecule has 7 heteroatoms. The van der Waals surface area contributed by atoms with E-state index in [0.29, 0.717) is 6.54 Å². The molecule has 5 nitrogen and oxygen atoms in total. The smallest absolute Gasteiger partial charge is 0.148 e. The van der Waals surface area contributed by atoms with Gasteiger partial charge in [0.2, 0.25) is 0 Å². The van der Waals surface area contributed by atoms with Gasteiger partial charge in [0.15, 0.2) is 0 Å². The van der Waals surface area contributed by atoms with Gasteiger partial charge in [0.05, 0.1) is 17.6 Å². The first kappa shape index (κ1) is 16.0. The fourth-order valence-corrected chi connectivity index (χ4v) is 3.64. The zero-order valence-electron chi connectivity index (χ0n) is 9.97. The van der Waals surface area contributed by atoms with Crippen molar-refractivity contribution in [3.63, 3.8) is 0 Å². The average molecular weight is 271 g/mol. The van der Waals surface area contributed by atoms with Gasteiger partial charge in [-0.05, 0) is 0 Å². The number of hydrogen-bond donors (Lipinski definition) is 2. The van der Waals surface area contributed by atoms with Gasteiger partial charge in [-0.2, -0.15) is 0 Å². The molecule has 0 amide bonds. The molecule has 0 fully saturated rings. The highest BCUT2D eigenvalue weighted by molar-refractivity contribution is 7.92. The van der Waals surface area contributed by atoms with E-state index < -0.39 is 26.7 Å².